The molecule has 2 aromatic heterocycles. The summed E-state index contributed by atoms with van der Waals surface area (Å²) in [6, 6.07) is 6.28. The van der Waals surface area contributed by atoms with Crippen LogP contribution in [0.4, 0.5) is 5.13 Å². The van der Waals surface area contributed by atoms with Crippen LogP contribution in [0, 0.1) is 6.92 Å². The van der Waals surface area contributed by atoms with Gasteiger partial charge in [-0.25, -0.2) is 13.4 Å². The zero-order valence-electron chi connectivity index (χ0n) is 18.1. The van der Waals surface area contributed by atoms with Crippen molar-refractivity contribution < 1.29 is 17.9 Å². The zero-order valence-corrected chi connectivity index (χ0v) is 21.3. The number of carbonyl (C=O) groups is 1. The quantitative estimate of drug-likeness (QED) is 0.466. The van der Waals surface area contributed by atoms with E-state index in [1.54, 1.807) is 22.4 Å². The molecule has 1 aromatic carbocycles. The van der Waals surface area contributed by atoms with E-state index in [1.165, 1.54) is 27.0 Å². The average molecular weight is 526 g/mol. The van der Waals surface area contributed by atoms with E-state index in [4.69, 9.17) is 21.3 Å². The molecule has 0 N–H and O–H groups in total. The highest BCUT2D eigenvalue weighted by atomic mass is 35.5. The maximum atomic E-state index is 13.9. The molecule has 33 heavy (non-hydrogen) atoms. The first-order valence-electron chi connectivity index (χ1n) is 10.9. The van der Waals surface area contributed by atoms with Crippen LogP contribution in [-0.2, 0) is 19.6 Å². The number of thiazole rings is 1. The van der Waals surface area contributed by atoms with Crippen LogP contribution in [0.25, 0.3) is 10.2 Å². The third-order valence-corrected chi connectivity index (χ3v) is 10.9. The summed E-state index contributed by atoms with van der Waals surface area (Å²) in [6.07, 6.45) is 2.85. The Labute approximate surface area is 206 Å². The van der Waals surface area contributed by atoms with E-state index in [0.717, 1.165) is 28.6 Å². The number of aryl methyl sites for hydroxylation is 1. The molecule has 0 radical (unpaired) electrons. The van der Waals surface area contributed by atoms with Crippen LogP contribution >= 0.6 is 34.3 Å². The predicted octanol–water partition coefficient (Wildman–Crippen LogP) is 4.68. The van der Waals surface area contributed by atoms with E-state index in [0.29, 0.717) is 42.7 Å². The molecule has 3 aromatic rings. The Hall–Kier alpha value is -1.56. The van der Waals surface area contributed by atoms with Crippen molar-refractivity contribution in [1.82, 2.24) is 9.29 Å². The second-order valence-electron chi connectivity index (χ2n) is 8.31. The molecule has 0 aliphatic carbocycles. The predicted molar refractivity (Wildman–Crippen MR) is 132 cm³/mol. The number of fused-ring (bicyclic) bond motifs is 1. The molecule has 1 amide bonds. The molecule has 5 rings (SSSR count). The topological polar surface area (TPSA) is 79.8 Å². The summed E-state index contributed by atoms with van der Waals surface area (Å²) in [5.41, 5.74) is 1.63. The molecule has 0 bridgehead atoms. The second-order valence-corrected chi connectivity index (χ2v) is 12.8. The van der Waals surface area contributed by atoms with Crippen molar-refractivity contribution in [2.45, 2.75) is 49.0 Å². The lowest BCUT2D eigenvalue weighted by molar-refractivity contribution is -0.122. The van der Waals surface area contributed by atoms with E-state index >= 15 is 0 Å². The minimum Gasteiger partial charge on any atom is -0.376 e. The lowest BCUT2D eigenvalue weighted by Crippen LogP contribution is -2.49. The Bertz CT molecular complexity index is 1270. The summed E-state index contributed by atoms with van der Waals surface area (Å²) in [4.78, 5) is 20.3. The molecule has 2 saturated heterocycles. The molecular weight excluding hydrogens is 502 g/mol. The number of halogens is 1. The van der Waals surface area contributed by atoms with Gasteiger partial charge >= 0.3 is 0 Å². The third-order valence-electron chi connectivity index (χ3n) is 6.19. The van der Waals surface area contributed by atoms with Crippen LogP contribution in [0.2, 0.25) is 5.02 Å². The smallest absolute Gasteiger partial charge is 0.253 e. The van der Waals surface area contributed by atoms with Crippen molar-refractivity contribution >= 4 is 65.6 Å². The Morgan fingerprint density at radius 2 is 2.15 bits per heavy atom. The van der Waals surface area contributed by atoms with Gasteiger partial charge in [-0.15, -0.1) is 11.3 Å². The molecule has 176 valence electrons. The van der Waals surface area contributed by atoms with Gasteiger partial charge < -0.3 is 4.74 Å². The van der Waals surface area contributed by atoms with Gasteiger partial charge in [-0.3, -0.25) is 9.69 Å². The Morgan fingerprint density at radius 3 is 2.88 bits per heavy atom. The minimum absolute atomic E-state index is 0.0885. The van der Waals surface area contributed by atoms with Crippen LogP contribution in [-0.4, -0.2) is 55.5 Å². The molecular formula is C22H24ClN3O4S3. The molecule has 2 aliphatic rings. The van der Waals surface area contributed by atoms with Gasteiger partial charge in [0.25, 0.3) is 10.0 Å². The lowest BCUT2D eigenvalue weighted by atomic mass is 10.2. The molecule has 4 heterocycles. The van der Waals surface area contributed by atoms with Crippen LogP contribution in [0.1, 0.15) is 31.2 Å². The fraction of sp³-hybridized carbons (Fsp3) is 0.455. The van der Waals surface area contributed by atoms with E-state index < -0.39 is 16.1 Å². The molecule has 2 fully saturated rings. The largest absolute Gasteiger partial charge is 0.376 e. The van der Waals surface area contributed by atoms with Gasteiger partial charge in [-0.1, -0.05) is 29.0 Å². The lowest BCUT2D eigenvalue weighted by Gasteiger charge is -2.29. The Balaban J connectivity index is 1.51. The Morgan fingerprint density at radius 1 is 1.30 bits per heavy atom. The first-order valence-corrected chi connectivity index (χ1v) is 14.4. The van der Waals surface area contributed by atoms with Gasteiger partial charge in [0, 0.05) is 18.2 Å². The van der Waals surface area contributed by atoms with E-state index in [9.17, 15) is 13.2 Å². The molecule has 0 saturated carbocycles. The number of hydrogen-bond acceptors (Lipinski definition) is 7. The number of ether oxygens (including phenoxy) is 1. The highest BCUT2D eigenvalue weighted by Crippen LogP contribution is 2.36. The van der Waals surface area contributed by atoms with Crippen LogP contribution < -0.4 is 4.90 Å². The first kappa shape index (κ1) is 23.2. The molecule has 0 spiro atoms. The summed E-state index contributed by atoms with van der Waals surface area (Å²) < 4.78 is 34.9. The maximum absolute atomic E-state index is 13.9. The highest BCUT2D eigenvalue weighted by molar-refractivity contribution is 7.91. The van der Waals surface area contributed by atoms with Crippen molar-refractivity contribution in [2.24, 2.45) is 0 Å². The van der Waals surface area contributed by atoms with Gasteiger partial charge in [0.05, 0.1) is 22.9 Å². The number of anilines is 1. The summed E-state index contributed by atoms with van der Waals surface area (Å²) in [5, 5.41) is 2.91. The minimum atomic E-state index is -3.73. The van der Waals surface area contributed by atoms with Crippen LogP contribution in [0.15, 0.2) is 33.9 Å². The van der Waals surface area contributed by atoms with Crippen molar-refractivity contribution in [3.63, 3.8) is 0 Å². The number of benzene rings is 1. The Kier molecular flexibility index (Phi) is 6.49. The van der Waals surface area contributed by atoms with Crippen molar-refractivity contribution in [3.05, 3.63) is 40.2 Å². The van der Waals surface area contributed by atoms with E-state index in [-0.39, 0.29) is 16.2 Å². The molecule has 2 aliphatic heterocycles. The number of sulfonamides is 1. The van der Waals surface area contributed by atoms with Crippen molar-refractivity contribution in [3.8, 4) is 0 Å². The number of carbonyl (C=O) groups excluding carboxylic acids is 1. The van der Waals surface area contributed by atoms with Gasteiger partial charge in [-0.05, 0) is 61.7 Å². The third kappa shape index (κ3) is 4.33. The van der Waals surface area contributed by atoms with Gasteiger partial charge in [0.15, 0.2) is 5.13 Å². The molecule has 2 atom stereocenters. The normalized spacial score (nSPS) is 21.8. The number of thiophene rings is 1. The van der Waals surface area contributed by atoms with E-state index in [2.05, 4.69) is 0 Å². The number of amides is 1. The maximum Gasteiger partial charge on any atom is 0.253 e. The van der Waals surface area contributed by atoms with Crippen LogP contribution in [0.3, 0.4) is 0 Å². The SMILES string of the molecule is Cc1c(Cl)ccc2sc(N(CC3CCCO3)C(=O)C3CCCN3S(=O)(=O)c3cccs3)nc12. The standard InChI is InChI=1S/C22H24ClN3O4S3/c1-14-16(23)8-9-18-20(14)24-22(32-18)25(13-15-5-3-11-30-15)21(27)17-6-2-10-26(17)33(28,29)19-7-4-12-31-19/h4,7-9,12,15,17H,2-3,5-6,10-11,13H2,1H3. The van der Waals surface area contributed by atoms with Crippen molar-refractivity contribution in [2.75, 3.05) is 24.6 Å². The van der Waals surface area contributed by atoms with Crippen molar-refractivity contribution in [1.29, 1.82) is 0 Å². The van der Waals surface area contributed by atoms with Gasteiger partial charge in [0.1, 0.15) is 10.3 Å². The average Bonchev–Trinajstić information content (AvgIpc) is 3.61. The monoisotopic (exact) mass is 525 g/mol. The fourth-order valence-electron chi connectivity index (χ4n) is 4.44. The summed E-state index contributed by atoms with van der Waals surface area (Å²) in [6.45, 7) is 3.27. The van der Waals surface area contributed by atoms with Gasteiger partial charge in [0.2, 0.25) is 5.91 Å². The summed E-state index contributed by atoms with van der Waals surface area (Å²) >= 11 is 8.88. The fourth-order valence-corrected chi connectivity index (χ4v) is 8.40. The van der Waals surface area contributed by atoms with Gasteiger partial charge in [-0.2, -0.15) is 4.31 Å². The molecule has 11 heteroatoms. The number of rotatable bonds is 6. The molecule has 2 unspecified atom stereocenters. The zero-order chi connectivity index (χ0) is 23.2. The summed E-state index contributed by atoms with van der Waals surface area (Å²) in [7, 11) is -3.73. The highest BCUT2D eigenvalue weighted by Gasteiger charge is 2.43. The number of nitrogens with zero attached hydrogens (tertiary/aromatic N) is 3. The van der Waals surface area contributed by atoms with E-state index in [1.807, 2.05) is 19.1 Å². The first-order chi connectivity index (χ1) is 15.9. The second kappa shape index (κ2) is 9.24. The van der Waals surface area contributed by atoms with Crippen LogP contribution in [0.5, 0.6) is 0 Å². The summed E-state index contributed by atoms with van der Waals surface area (Å²) in [5.74, 6) is -0.245. The number of hydrogen-bond donors (Lipinski definition) is 0. The molecule has 7 nitrogen and oxygen atoms in total. The number of aromatic nitrogens is 1.